The van der Waals surface area contributed by atoms with E-state index in [1.54, 1.807) is 36.4 Å². The van der Waals surface area contributed by atoms with E-state index >= 15 is 0 Å². The lowest BCUT2D eigenvalue weighted by atomic mass is 10.0. The van der Waals surface area contributed by atoms with Crippen molar-refractivity contribution in [3.05, 3.63) is 83.4 Å². The highest BCUT2D eigenvalue weighted by Gasteiger charge is 2.38. The number of anilines is 1. The second-order valence-corrected chi connectivity index (χ2v) is 6.37. The van der Waals surface area contributed by atoms with Crippen LogP contribution in [0.4, 0.5) is 18.9 Å². The minimum Gasteiger partial charge on any atom is -0.507 e. The van der Waals surface area contributed by atoms with Crippen LogP contribution in [-0.4, -0.2) is 17.2 Å². The summed E-state index contributed by atoms with van der Waals surface area (Å²) >= 11 is 0. The van der Waals surface area contributed by atoms with Gasteiger partial charge in [0.25, 0.3) is 0 Å². The SMILES string of the molecule is O=C(Nc1ccc2c(c1)/C(=C/c1ccccc1O)c1ccccc1-2)C(F)(F)F. The van der Waals surface area contributed by atoms with E-state index in [0.717, 1.165) is 22.3 Å². The molecule has 4 rings (SSSR count). The Balaban J connectivity index is 1.84. The summed E-state index contributed by atoms with van der Waals surface area (Å²) in [5.41, 5.74) is 4.77. The predicted octanol–water partition coefficient (Wildman–Crippen LogP) is 5.46. The van der Waals surface area contributed by atoms with Gasteiger partial charge in [0.2, 0.25) is 0 Å². The highest BCUT2D eigenvalue weighted by Crippen LogP contribution is 2.46. The molecular formula is C22H14F3NO2. The number of phenolic OH excluding ortho intramolecular Hbond substituents is 1. The summed E-state index contributed by atoms with van der Waals surface area (Å²) in [5.74, 6) is -1.92. The zero-order valence-electron chi connectivity index (χ0n) is 14.4. The molecule has 1 aliphatic rings. The Morgan fingerprint density at radius 3 is 2.21 bits per heavy atom. The Hall–Kier alpha value is -3.54. The van der Waals surface area contributed by atoms with Crippen LogP contribution < -0.4 is 5.32 Å². The van der Waals surface area contributed by atoms with Crippen molar-refractivity contribution < 1.29 is 23.1 Å². The number of alkyl halides is 3. The number of carbonyl (C=O) groups is 1. The molecular weight excluding hydrogens is 367 g/mol. The molecule has 0 fully saturated rings. The van der Waals surface area contributed by atoms with Crippen LogP contribution in [0, 0.1) is 0 Å². The number of halogens is 3. The summed E-state index contributed by atoms with van der Waals surface area (Å²) < 4.78 is 37.7. The summed E-state index contributed by atoms with van der Waals surface area (Å²) in [6.45, 7) is 0. The van der Waals surface area contributed by atoms with Gasteiger partial charge in [-0.3, -0.25) is 4.79 Å². The fourth-order valence-corrected chi connectivity index (χ4v) is 3.30. The first kappa shape index (κ1) is 17.9. The number of phenols is 1. The Morgan fingerprint density at radius 2 is 1.50 bits per heavy atom. The van der Waals surface area contributed by atoms with E-state index in [9.17, 15) is 23.1 Å². The fraction of sp³-hybridized carbons (Fsp3) is 0.0455. The molecule has 1 aliphatic carbocycles. The van der Waals surface area contributed by atoms with Gasteiger partial charge >= 0.3 is 12.1 Å². The third-order valence-electron chi connectivity index (χ3n) is 4.57. The van der Waals surface area contributed by atoms with Crippen LogP contribution in [0.2, 0.25) is 0 Å². The Labute approximate surface area is 158 Å². The average molecular weight is 381 g/mol. The molecule has 3 nitrogen and oxygen atoms in total. The van der Waals surface area contributed by atoms with Crippen LogP contribution in [0.1, 0.15) is 16.7 Å². The molecule has 0 unspecified atom stereocenters. The smallest absolute Gasteiger partial charge is 0.471 e. The van der Waals surface area contributed by atoms with E-state index in [0.29, 0.717) is 11.1 Å². The standard InChI is InChI=1S/C22H14F3NO2/c23-22(24,25)21(28)26-14-9-10-17-15-6-2-3-7-16(15)18(19(17)12-14)11-13-5-1-4-8-20(13)27/h1-12,27H,(H,26,28)/b18-11+. The Kier molecular flexibility index (Phi) is 4.19. The molecule has 0 aromatic heterocycles. The predicted molar refractivity (Wildman–Crippen MR) is 102 cm³/mol. The number of para-hydroxylation sites is 1. The molecule has 0 spiro atoms. The normalized spacial score (nSPS) is 13.9. The molecule has 2 N–H and O–H groups in total. The molecule has 0 aliphatic heterocycles. The minimum atomic E-state index is -4.96. The monoisotopic (exact) mass is 381 g/mol. The average Bonchev–Trinajstić information content (AvgIpc) is 2.96. The maximum Gasteiger partial charge on any atom is 0.471 e. The fourth-order valence-electron chi connectivity index (χ4n) is 3.30. The molecule has 0 bridgehead atoms. The number of carbonyl (C=O) groups excluding carboxylic acids is 1. The summed E-state index contributed by atoms with van der Waals surface area (Å²) in [5, 5.41) is 12.0. The van der Waals surface area contributed by atoms with Gasteiger partial charge in [0, 0.05) is 11.3 Å². The highest BCUT2D eigenvalue weighted by molar-refractivity contribution is 6.08. The lowest BCUT2D eigenvalue weighted by Crippen LogP contribution is -2.29. The van der Waals surface area contributed by atoms with Crippen LogP contribution in [0.5, 0.6) is 5.75 Å². The second kappa shape index (κ2) is 6.56. The van der Waals surface area contributed by atoms with E-state index in [-0.39, 0.29) is 11.4 Å². The van der Waals surface area contributed by atoms with Gasteiger partial charge in [-0.05, 0) is 52.1 Å². The summed E-state index contributed by atoms with van der Waals surface area (Å²) in [6.07, 6.45) is -3.17. The number of amides is 1. The van der Waals surface area contributed by atoms with Crippen molar-refractivity contribution in [3.63, 3.8) is 0 Å². The number of aromatic hydroxyl groups is 1. The van der Waals surface area contributed by atoms with Gasteiger partial charge in [-0.2, -0.15) is 13.2 Å². The molecule has 3 aromatic rings. The van der Waals surface area contributed by atoms with Crippen LogP contribution in [0.3, 0.4) is 0 Å². The van der Waals surface area contributed by atoms with E-state index in [4.69, 9.17) is 0 Å². The molecule has 140 valence electrons. The van der Waals surface area contributed by atoms with Crippen molar-refractivity contribution in [2.75, 3.05) is 5.32 Å². The minimum absolute atomic E-state index is 0.0528. The number of hydrogen-bond acceptors (Lipinski definition) is 2. The van der Waals surface area contributed by atoms with Gasteiger partial charge < -0.3 is 10.4 Å². The number of hydrogen-bond donors (Lipinski definition) is 2. The molecule has 28 heavy (non-hydrogen) atoms. The Morgan fingerprint density at radius 1 is 0.857 bits per heavy atom. The van der Waals surface area contributed by atoms with E-state index in [1.807, 2.05) is 29.6 Å². The summed E-state index contributed by atoms with van der Waals surface area (Å²) in [7, 11) is 0. The van der Waals surface area contributed by atoms with Gasteiger partial charge in [-0.15, -0.1) is 0 Å². The van der Waals surface area contributed by atoms with Gasteiger partial charge in [0.1, 0.15) is 5.75 Å². The topological polar surface area (TPSA) is 49.3 Å². The maximum absolute atomic E-state index is 12.6. The zero-order valence-corrected chi connectivity index (χ0v) is 14.4. The van der Waals surface area contributed by atoms with Crippen LogP contribution in [0.15, 0.2) is 66.7 Å². The molecule has 0 radical (unpaired) electrons. The molecule has 0 saturated heterocycles. The lowest BCUT2D eigenvalue weighted by Gasteiger charge is -2.10. The van der Waals surface area contributed by atoms with Gasteiger partial charge in [-0.25, -0.2) is 0 Å². The van der Waals surface area contributed by atoms with E-state index in [2.05, 4.69) is 0 Å². The van der Waals surface area contributed by atoms with Crippen molar-refractivity contribution in [2.45, 2.75) is 6.18 Å². The molecule has 6 heteroatoms. The Bertz CT molecular complexity index is 1120. The zero-order chi connectivity index (χ0) is 19.9. The summed E-state index contributed by atoms with van der Waals surface area (Å²) in [4.78, 5) is 11.3. The third-order valence-corrected chi connectivity index (χ3v) is 4.57. The van der Waals surface area contributed by atoms with Crippen molar-refractivity contribution >= 4 is 23.2 Å². The number of benzene rings is 3. The molecule has 3 aromatic carbocycles. The highest BCUT2D eigenvalue weighted by atomic mass is 19.4. The van der Waals surface area contributed by atoms with Crippen molar-refractivity contribution in [2.24, 2.45) is 0 Å². The number of rotatable bonds is 2. The van der Waals surface area contributed by atoms with E-state index < -0.39 is 12.1 Å². The number of nitrogens with one attached hydrogen (secondary N) is 1. The van der Waals surface area contributed by atoms with Gasteiger partial charge in [-0.1, -0.05) is 48.5 Å². The van der Waals surface area contributed by atoms with Crippen molar-refractivity contribution in [1.82, 2.24) is 0 Å². The van der Waals surface area contributed by atoms with Crippen LogP contribution in [0.25, 0.3) is 22.8 Å². The second-order valence-electron chi connectivity index (χ2n) is 6.37. The number of fused-ring (bicyclic) bond motifs is 3. The molecule has 0 heterocycles. The first-order chi connectivity index (χ1) is 13.3. The first-order valence-corrected chi connectivity index (χ1v) is 8.46. The van der Waals surface area contributed by atoms with Crippen LogP contribution >= 0.6 is 0 Å². The maximum atomic E-state index is 12.6. The van der Waals surface area contributed by atoms with Gasteiger partial charge in [0.15, 0.2) is 0 Å². The lowest BCUT2D eigenvalue weighted by molar-refractivity contribution is -0.167. The van der Waals surface area contributed by atoms with Crippen molar-refractivity contribution in [3.8, 4) is 16.9 Å². The summed E-state index contributed by atoms with van der Waals surface area (Å²) in [6, 6.07) is 19.0. The molecule has 1 amide bonds. The van der Waals surface area contributed by atoms with E-state index in [1.165, 1.54) is 12.1 Å². The first-order valence-electron chi connectivity index (χ1n) is 8.46. The largest absolute Gasteiger partial charge is 0.507 e. The van der Waals surface area contributed by atoms with Crippen molar-refractivity contribution in [1.29, 1.82) is 0 Å². The third kappa shape index (κ3) is 3.13. The van der Waals surface area contributed by atoms with Gasteiger partial charge in [0.05, 0.1) is 0 Å². The quantitative estimate of drug-likeness (QED) is 0.484. The molecule has 0 saturated carbocycles. The molecule has 0 atom stereocenters. The van der Waals surface area contributed by atoms with Crippen LogP contribution in [-0.2, 0) is 4.79 Å².